The molecule has 0 aliphatic heterocycles. The summed E-state index contributed by atoms with van der Waals surface area (Å²) >= 11 is 3.43. The van der Waals surface area contributed by atoms with Crippen LogP contribution in [0.1, 0.15) is 22.7 Å². The number of rotatable bonds is 6. The third-order valence-electron chi connectivity index (χ3n) is 2.76. The molecule has 2 aromatic heterocycles. The fourth-order valence-electron chi connectivity index (χ4n) is 1.67. The standard InChI is InChI=1S/C13H19N3OS2/c1-9(10-6-5-7-18-10)14-8-11-12(17-4)15-13(19-11)16(2)3/h5-7,9,14H,8H2,1-4H3. The van der Waals surface area contributed by atoms with Crippen molar-refractivity contribution in [3.63, 3.8) is 0 Å². The van der Waals surface area contributed by atoms with Crippen LogP contribution in [0.25, 0.3) is 0 Å². The van der Waals surface area contributed by atoms with Crippen molar-refractivity contribution in [2.45, 2.75) is 19.5 Å². The second kappa shape index (κ2) is 6.36. The summed E-state index contributed by atoms with van der Waals surface area (Å²) < 4.78 is 5.33. The Bertz CT molecular complexity index is 508. The maximum atomic E-state index is 5.33. The van der Waals surface area contributed by atoms with Gasteiger partial charge < -0.3 is 15.0 Å². The van der Waals surface area contributed by atoms with Crippen LogP contribution in [0.5, 0.6) is 5.88 Å². The minimum absolute atomic E-state index is 0.342. The molecule has 0 fully saturated rings. The summed E-state index contributed by atoms with van der Waals surface area (Å²) in [4.78, 5) is 8.93. The summed E-state index contributed by atoms with van der Waals surface area (Å²) in [5.74, 6) is 0.722. The van der Waals surface area contributed by atoms with Crippen LogP contribution in [0.3, 0.4) is 0 Å². The summed E-state index contributed by atoms with van der Waals surface area (Å²) in [5.41, 5.74) is 0. The lowest BCUT2D eigenvalue weighted by molar-refractivity contribution is 0.393. The molecule has 0 saturated heterocycles. The molecule has 0 saturated carbocycles. The number of hydrogen-bond acceptors (Lipinski definition) is 6. The van der Waals surface area contributed by atoms with Gasteiger partial charge in [-0.25, -0.2) is 0 Å². The largest absolute Gasteiger partial charge is 0.480 e. The molecule has 2 heterocycles. The molecule has 0 aromatic carbocycles. The number of thiazole rings is 1. The summed E-state index contributed by atoms with van der Waals surface area (Å²) in [6.45, 7) is 2.94. The van der Waals surface area contributed by atoms with Gasteiger partial charge in [0, 0.05) is 31.6 Å². The van der Waals surface area contributed by atoms with Crippen LogP contribution in [0.4, 0.5) is 5.13 Å². The van der Waals surface area contributed by atoms with Gasteiger partial charge in [-0.3, -0.25) is 0 Å². The summed E-state index contributed by atoms with van der Waals surface area (Å²) in [5, 5.41) is 6.58. The van der Waals surface area contributed by atoms with Crippen molar-refractivity contribution in [3.05, 3.63) is 27.3 Å². The van der Waals surface area contributed by atoms with E-state index in [0.717, 1.165) is 22.4 Å². The smallest absolute Gasteiger partial charge is 0.230 e. The Morgan fingerprint density at radius 3 is 2.84 bits per heavy atom. The highest BCUT2D eigenvalue weighted by Crippen LogP contribution is 2.31. The maximum Gasteiger partial charge on any atom is 0.230 e. The van der Waals surface area contributed by atoms with Crippen LogP contribution in [0, 0.1) is 0 Å². The van der Waals surface area contributed by atoms with Crippen molar-refractivity contribution < 1.29 is 4.74 Å². The number of hydrogen-bond donors (Lipinski definition) is 1. The lowest BCUT2D eigenvalue weighted by Crippen LogP contribution is -2.16. The van der Waals surface area contributed by atoms with Crippen LogP contribution < -0.4 is 15.0 Å². The molecule has 0 aliphatic rings. The van der Waals surface area contributed by atoms with E-state index in [9.17, 15) is 0 Å². The maximum absolute atomic E-state index is 5.33. The molecule has 2 rings (SSSR count). The van der Waals surface area contributed by atoms with Crippen LogP contribution >= 0.6 is 22.7 Å². The molecule has 4 nitrogen and oxygen atoms in total. The van der Waals surface area contributed by atoms with Crippen LogP contribution in [0.2, 0.25) is 0 Å². The third kappa shape index (κ3) is 3.46. The minimum atomic E-state index is 0.342. The predicted octanol–water partition coefficient (Wildman–Crippen LogP) is 3.13. The van der Waals surface area contributed by atoms with E-state index in [2.05, 4.69) is 34.7 Å². The van der Waals surface area contributed by atoms with Crippen LogP contribution in [-0.2, 0) is 6.54 Å². The molecular weight excluding hydrogens is 278 g/mol. The van der Waals surface area contributed by atoms with Gasteiger partial charge in [-0.2, -0.15) is 4.98 Å². The lowest BCUT2D eigenvalue weighted by Gasteiger charge is -2.11. The topological polar surface area (TPSA) is 37.4 Å². The first-order valence-electron chi connectivity index (χ1n) is 6.09. The van der Waals surface area contributed by atoms with Gasteiger partial charge in [-0.1, -0.05) is 17.4 Å². The van der Waals surface area contributed by atoms with Crippen molar-refractivity contribution in [3.8, 4) is 5.88 Å². The van der Waals surface area contributed by atoms with Gasteiger partial charge in [0.2, 0.25) is 5.88 Å². The third-order valence-corrected chi connectivity index (χ3v) is 5.02. The van der Waals surface area contributed by atoms with Crippen molar-refractivity contribution >= 4 is 27.8 Å². The van der Waals surface area contributed by atoms with E-state index >= 15 is 0 Å². The molecule has 1 N–H and O–H groups in total. The second-order valence-corrected chi connectivity index (χ2v) is 6.48. The highest BCUT2D eigenvalue weighted by molar-refractivity contribution is 7.15. The van der Waals surface area contributed by atoms with E-state index in [1.54, 1.807) is 29.8 Å². The molecule has 1 atom stereocenters. The molecule has 0 amide bonds. The zero-order valence-electron chi connectivity index (χ0n) is 11.6. The Labute approximate surface area is 122 Å². The first-order chi connectivity index (χ1) is 9.11. The zero-order chi connectivity index (χ0) is 13.8. The fraction of sp³-hybridized carbons (Fsp3) is 0.462. The van der Waals surface area contributed by atoms with Gasteiger partial charge in [0.1, 0.15) is 0 Å². The normalized spacial score (nSPS) is 12.4. The summed E-state index contributed by atoms with van der Waals surface area (Å²) in [6.07, 6.45) is 0. The molecule has 1 unspecified atom stereocenters. The zero-order valence-corrected chi connectivity index (χ0v) is 13.3. The van der Waals surface area contributed by atoms with E-state index in [1.165, 1.54) is 4.88 Å². The molecule has 104 valence electrons. The van der Waals surface area contributed by atoms with Gasteiger partial charge in [-0.05, 0) is 18.4 Å². The van der Waals surface area contributed by atoms with Crippen molar-refractivity contribution in [2.75, 3.05) is 26.1 Å². The molecule has 0 bridgehead atoms. The van der Waals surface area contributed by atoms with Crippen LogP contribution in [0.15, 0.2) is 17.5 Å². The van der Waals surface area contributed by atoms with Gasteiger partial charge in [0.25, 0.3) is 0 Å². The van der Waals surface area contributed by atoms with Crippen molar-refractivity contribution in [1.29, 1.82) is 0 Å². The minimum Gasteiger partial charge on any atom is -0.480 e. The number of methoxy groups -OCH3 is 1. The highest BCUT2D eigenvalue weighted by atomic mass is 32.1. The fourth-order valence-corrected chi connectivity index (χ4v) is 3.33. The average molecular weight is 297 g/mol. The lowest BCUT2D eigenvalue weighted by atomic mass is 10.3. The van der Waals surface area contributed by atoms with E-state index in [4.69, 9.17) is 4.74 Å². The predicted molar refractivity (Wildman–Crippen MR) is 82.6 cm³/mol. The van der Waals surface area contributed by atoms with Gasteiger partial charge in [0.15, 0.2) is 5.13 Å². The molecule has 19 heavy (non-hydrogen) atoms. The summed E-state index contributed by atoms with van der Waals surface area (Å²) in [7, 11) is 5.65. The monoisotopic (exact) mass is 297 g/mol. The number of nitrogens with one attached hydrogen (secondary N) is 1. The molecule has 6 heteroatoms. The SMILES string of the molecule is COc1nc(N(C)C)sc1CNC(C)c1cccs1. The van der Waals surface area contributed by atoms with Crippen molar-refractivity contribution in [1.82, 2.24) is 10.3 Å². The van der Waals surface area contributed by atoms with Gasteiger partial charge in [-0.15, -0.1) is 11.3 Å². The molecular formula is C13H19N3OS2. The van der Waals surface area contributed by atoms with E-state index in [0.29, 0.717) is 6.04 Å². The number of thiophene rings is 1. The number of aromatic nitrogens is 1. The van der Waals surface area contributed by atoms with Crippen LogP contribution in [-0.4, -0.2) is 26.2 Å². The highest BCUT2D eigenvalue weighted by Gasteiger charge is 2.14. The first kappa shape index (κ1) is 14.3. The Morgan fingerprint density at radius 2 is 2.26 bits per heavy atom. The van der Waals surface area contributed by atoms with Gasteiger partial charge >= 0.3 is 0 Å². The summed E-state index contributed by atoms with van der Waals surface area (Å²) in [6, 6.07) is 4.57. The van der Waals surface area contributed by atoms with E-state index < -0.39 is 0 Å². The molecule has 0 aliphatic carbocycles. The van der Waals surface area contributed by atoms with E-state index in [-0.39, 0.29) is 0 Å². The molecule has 0 radical (unpaired) electrons. The first-order valence-corrected chi connectivity index (χ1v) is 7.79. The number of nitrogens with zero attached hydrogens (tertiary/aromatic N) is 2. The Kier molecular flexibility index (Phi) is 4.79. The Balaban J connectivity index is 2.02. The second-order valence-electron chi connectivity index (χ2n) is 4.44. The van der Waals surface area contributed by atoms with Crippen molar-refractivity contribution in [2.24, 2.45) is 0 Å². The number of anilines is 1. The average Bonchev–Trinajstić information content (AvgIpc) is 3.04. The number of ether oxygens (including phenoxy) is 1. The van der Waals surface area contributed by atoms with E-state index in [1.807, 2.05) is 19.0 Å². The Hall–Kier alpha value is -1.11. The molecule has 0 spiro atoms. The Morgan fingerprint density at radius 1 is 1.47 bits per heavy atom. The molecule has 2 aromatic rings. The van der Waals surface area contributed by atoms with Gasteiger partial charge in [0.05, 0.1) is 12.0 Å². The quantitative estimate of drug-likeness (QED) is 0.889.